The van der Waals surface area contributed by atoms with Gasteiger partial charge in [0.2, 0.25) is 0 Å². The summed E-state index contributed by atoms with van der Waals surface area (Å²) >= 11 is 0. The third-order valence-corrected chi connectivity index (χ3v) is 4.73. The van der Waals surface area contributed by atoms with Crippen LogP contribution in [0.4, 0.5) is 5.69 Å². The SMILES string of the molecule is CC1=C(C#N)C(=O)N(Cc2ccccc2)C(=O)/C1=C/c1ccc(N(C)C)cc1. The van der Waals surface area contributed by atoms with Crippen molar-refractivity contribution in [2.45, 2.75) is 13.5 Å². The number of imide groups is 1. The fourth-order valence-electron chi connectivity index (χ4n) is 3.07. The molecule has 0 radical (unpaired) electrons. The van der Waals surface area contributed by atoms with Crippen LogP contribution in [-0.4, -0.2) is 30.8 Å². The highest BCUT2D eigenvalue weighted by Gasteiger charge is 2.35. The first-order chi connectivity index (χ1) is 13.4. The zero-order valence-corrected chi connectivity index (χ0v) is 16.1. The Morgan fingerprint density at radius 2 is 1.64 bits per heavy atom. The Labute approximate surface area is 164 Å². The normalized spacial score (nSPS) is 15.8. The third kappa shape index (κ3) is 3.72. The summed E-state index contributed by atoms with van der Waals surface area (Å²) in [4.78, 5) is 28.9. The Morgan fingerprint density at radius 3 is 2.21 bits per heavy atom. The van der Waals surface area contributed by atoms with Crippen LogP contribution in [0.1, 0.15) is 18.1 Å². The minimum Gasteiger partial charge on any atom is -0.378 e. The van der Waals surface area contributed by atoms with Gasteiger partial charge in [-0.1, -0.05) is 42.5 Å². The second kappa shape index (κ2) is 7.93. The van der Waals surface area contributed by atoms with E-state index in [9.17, 15) is 14.9 Å². The molecule has 0 aliphatic carbocycles. The van der Waals surface area contributed by atoms with Crippen molar-refractivity contribution in [1.29, 1.82) is 5.26 Å². The first-order valence-corrected chi connectivity index (χ1v) is 8.93. The van der Waals surface area contributed by atoms with Crippen LogP contribution in [0.15, 0.2) is 71.3 Å². The fraction of sp³-hybridized carbons (Fsp3) is 0.174. The summed E-state index contributed by atoms with van der Waals surface area (Å²) in [6, 6.07) is 19.0. The standard InChI is InChI=1S/C23H21N3O2/c1-16-20(13-17-9-11-19(12-10-17)25(2)3)22(27)26(23(28)21(16)14-24)15-18-7-5-4-6-8-18/h4-13H,15H2,1-3H3/b20-13+. The third-order valence-electron chi connectivity index (χ3n) is 4.73. The molecule has 28 heavy (non-hydrogen) atoms. The van der Waals surface area contributed by atoms with E-state index in [1.807, 2.05) is 79.7 Å². The van der Waals surface area contributed by atoms with E-state index in [0.29, 0.717) is 11.1 Å². The monoisotopic (exact) mass is 371 g/mol. The zero-order valence-electron chi connectivity index (χ0n) is 16.1. The lowest BCUT2D eigenvalue weighted by Gasteiger charge is -2.27. The lowest BCUT2D eigenvalue weighted by atomic mass is 9.93. The summed E-state index contributed by atoms with van der Waals surface area (Å²) in [5.74, 6) is -0.934. The molecule has 5 heteroatoms. The highest BCUT2D eigenvalue weighted by atomic mass is 16.2. The predicted octanol–water partition coefficient (Wildman–Crippen LogP) is 3.55. The van der Waals surface area contributed by atoms with Crippen LogP contribution >= 0.6 is 0 Å². The number of hydrogen-bond donors (Lipinski definition) is 0. The molecule has 0 N–H and O–H groups in total. The first kappa shape index (κ1) is 19.1. The number of carbonyl (C=O) groups excluding carboxylic acids is 2. The fourth-order valence-corrected chi connectivity index (χ4v) is 3.07. The number of anilines is 1. The molecule has 0 unspecified atom stereocenters. The van der Waals surface area contributed by atoms with Crippen molar-refractivity contribution in [2.75, 3.05) is 19.0 Å². The number of benzene rings is 2. The van der Waals surface area contributed by atoms with Crippen LogP contribution in [-0.2, 0) is 16.1 Å². The van der Waals surface area contributed by atoms with Gasteiger partial charge in [0.15, 0.2) is 0 Å². The smallest absolute Gasteiger partial charge is 0.271 e. The number of carbonyl (C=O) groups is 2. The number of rotatable bonds is 4. The highest BCUT2D eigenvalue weighted by Crippen LogP contribution is 2.28. The molecule has 1 heterocycles. The van der Waals surface area contributed by atoms with Gasteiger partial charge in [-0.2, -0.15) is 5.26 Å². The van der Waals surface area contributed by atoms with E-state index in [-0.39, 0.29) is 18.0 Å². The van der Waals surface area contributed by atoms with E-state index in [4.69, 9.17) is 0 Å². The Bertz CT molecular complexity index is 1010. The molecule has 0 atom stereocenters. The van der Waals surface area contributed by atoms with E-state index in [0.717, 1.165) is 21.7 Å². The van der Waals surface area contributed by atoms with Gasteiger partial charge in [0.1, 0.15) is 11.6 Å². The molecule has 0 bridgehead atoms. The van der Waals surface area contributed by atoms with Crippen LogP contribution in [0.5, 0.6) is 0 Å². The molecule has 2 amide bonds. The lowest BCUT2D eigenvalue weighted by Crippen LogP contribution is -2.42. The van der Waals surface area contributed by atoms with Gasteiger partial charge in [0.05, 0.1) is 6.54 Å². The topological polar surface area (TPSA) is 64.4 Å². The zero-order chi connectivity index (χ0) is 20.3. The van der Waals surface area contributed by atoms with Gasteiger partial charge in [-0.15, -0.1) is 0 Å². The summed E-state index contributed by atoms with van der Waals surface area (Å²) in [5, 5.41) is 9.48. The maximum atomic E-state index is 13.1. The summed E-state index contributed by atoms with van der Waals surface area (Å²) < 4.78 is 0. The van der Waals surface area contributed by atoms with Gasteiger partial charge in [0.25, 0.3) is 11.8 Å². The van der Waals surface area contributed by atoms with Gasteiger partial charge in [-0.05, 0) is 41.8 Å². The molecule has 0 fully saturated rings. The summed E-state index contributed by atoms with van der Waals surface area (Å²) in [5.41, 5.74) is 3.49. The molecule has 0 aromatic heterocycles. The van der Waals surface area contributed by atoms with Crippen LogP contribution in [0, 0.1) is 11.3 Å². The van der Waals surface area contributed by atoms with Crippen LogP contribution in [0.25, 0.3) is 6.08 Å². The summed E-state index contributed by atoms with van der Waals surface area (Å²) in [7, 11) is 3.91. The largest absolute Gasteiger partial charge is 0.378 e. The summed E-state index contributed by atoms with van der Waals surface area (Å²) in [6.07, 6.45) is 1.74. The Balaban J connectivity index is 2.01. The van der Waals surface area contributed by atoms with E-state index < -0.39 is 5.91 Å². The van der Waals surface area contributed by atoms with Crippen LogP contribution < -0.4 is 4.90 Å². The minimum absolute atomic E-state index is 0.00620. The molecule has 0 saturated heterocycles. The Morgan fingerprint density at radius 1 is 1.00 bits per heavy atom. The van der Waals surface area contributed by atoms with Crippen LogP contribution in [0.2, 0.25) is 0 Å². The van der Waals surface area contributed by atoms with Gasteiger partial charge < -0.3 is 4.90 Å². The molecule has 3 rings (SSSR count). The number of hydrogen-bond acceptors (Lipinski definition) is 4. The highest BCUT2D eigenvalue weighted by molar-refractivity contribution is 6.19. The molecule has 0 spiro atoms. The van der Waals surface area contributed by atoms with Crippen LogP contribution in [0.3, 0.4) is 0 Å². The van der Waals surface area contributed by atoms with Gasteiger partial charge in [-0.25, -0.2) is 0 Å². The Kier molecular flexibility index (Phi) is 5.42. The maximum Gasteiger partial charge on any atom is 0.271 e. The summed E-state index contributed by atoms with van der Waals surface area (Å²) in [6.45, 7) is 1.78. The number of nitrogens with zero attached hydrogens (tertiary/aromatic N) is 3. The average Bonchev–Trinajstić information content (AvgIpc) is 2.70. The molecule has 0 saturated carbocycles. The number of nitriles is 1. The molecule has 2 aromatic rings. The molecule has 1 aliphatic heterocycles. The van der Waals surface area contributed by atoms with Crippen molar-refractivity contribution in [2.24, 2.45) is 0 Å². The molecular weight excluding hydrogens is 350 g/mol. The predicted molar refractivity (Wildman–Crippen MR) is 109 cm³/mol. The second-order valence-electron chi connectivity index (χ2n) is 6.84. The van der Waals surface area contributed by atoms with Crippen molar-refractivity contribution < 1.29 is 9.59 Å². The molecule has 1 aliphatic rings. The number of amides is 2. The van der Waals surface area contributed by atoms with E-state index in [1.165, 1.54) is 0 Å². The maximum absolute atomic E-state index is 13.1. The van der Waals surface area contributed by atoms with Crippen molar-refractivity contribution in [3.05, 3.63) is 82.4 Å². The average molecular weight is 371 g/mol. The van der Waals surface area contributed by atoms with E-state index >= 15 is 0 Å². The van der Waals surface area contributed by atoms with Crippen molar-refractivity contribution in [1.82, 2.24) is 4.90 Å². The Hall–Kier alpha value is -3.65. The van der Waals surface area contributed by atoms with Gasteiger partial charge >= 0.3 is 0 Å². The molecule has 140 valence electrons. The van der Waals surface area contributed by atoms with Gasteiger partial charge in [-0.3, -0.25) is 14.5 Å². The first-order valence-electron chi connectivity index (χ1n) is 8.93. The van der Waals surface area contributed by atoms with Crippen molar-refractivity contribution in [3.8, 4) is 6.07 Å². The minimum atomic E-state index is -0.547. The second-order valence-corrected chi connectivity index (χ2v) is 6.84. The van der Waals surface area contributed by atoms with Crippen molar-refractivity contribution >= 4 is 23.6 Å². The molecule has 5 nitrogen and oxygen atoms in total. The van der Waals surface area contributed by atoms with E-state index in [2.05, 4.69) is 0 Å². The quantitative estimate of drug-likeness (QED) is 0.609. The molecular formula is C23H21N3O2. The van der Waals surface area contributed by atoms with Gasteiger partial charge in [0, 0.05) is 25.4 Å². The lowest BCUT2D eigenvalue weighted by molar-refractivity contribution is -0.141. The molecule has 2 aromatic carbocycles. The van der Waals surface area contributed by atoms with Crippen molar-refractivity contribution in [3.63, 3.8) is 0 Å². The van der Waals surface area contributed by atoms with E-state index in [1.54, 1.807) is 13.0 Å².